The van der Waals surface area contributed by atoms with Crippen molar-refractivity contribution in [1.29, 1.82) is 0 Å². The molecule has 30 heavy (non-hydrogen) atoms. The van der Waals surface area contributed by atoms with Gasteiger partial charge in [-0.25, -0.2) is 4.68 Å². The van der Waals surface area contributed by atoms with Crippen LogP contribution in [0.2, 0.25) is 10.0 Å². The van der Waals surface area contributed by atoms with E-state index in [1.165, 1.54) is 0 Å². The molecule has 0 radical (unpaired) electrons. The van der Waals surface area contributed by atoms with Crippen LogP contribution in [0.5, 0.6) is 0 Å². The van der Waals surface area contributed by atoms with Crippen molar-refractivity contribution < 1.29 is 0 Å². The third kappa shape index (κ3) is 4.82. The van der Waals surface area contributed by atoms with Gasteiger partial charge in [-0.2, -0.15) is 5.10 Å². The zero-order chi connectivity index (χ0) is 20.9. The molecule has 150 valence electrons. The number of halogens is 2. The fourth-order valence-electron chi connectivity index (χ4n) is 3.02. The van der Waals surface area contributed by atoms with Crippen LogP contribution in [-0.2, 0) is 6.54 Å². The van der Waals surface area contributed by atoms with E-state index in [1.54, 1.807) is 12.1 Å². The van der Waals surface area contributed by atoms with E-state index in [1.807, 2.05) is 77.6 Å². The molecule has 0 amide bonds. The van der Waals surface area contributed by atoms with E-state index in [9.17, 15) is 0 Å². The summed E-state index contributed by atoms with van der Waals surface area (Å²) in [5.74, 6) is 0. The number of anilines is 1. The molecule has 1 aromatic heterocycles. The zero-order valence-corrected chi connectivity index (χ0v) is 18.2. The maximum absolute atomic E-state index is 6.07. The van der Waals surface area contributed by atoms with Crippen molar-refractivity contribution in [2.24, 2.45) is 0 Å². The Morgan fingerprint density at radius 3 is 2.30 bits per heavy atom. The number of thiocarbonyl (C=S) groups is 1. The van der Waals surface area contributed by atoms with Gasteiger partial charge in [-0.3, -0.25) is 0 Å². The van der Waals surface area contributed by atoms with Gasteiger partial charge in [-0.05, 0) is 42.5 Å². The SMILES string of the molecule is S=C(NCc1cn(-c2ccccc2)nc1-c1ccccc1)Nc1ccc(Cl)c(Cl)c1. The highest BCUT2D eigenvalue weighted by atomic mass is 35.5. The van der Waals surface area contributed by atoms with Gasteiger partial charge in [0.2, 0.25) is 0 Å². The number of hydrogen-bond acceptors (Lipinski definition) is 2. The van der Waals surface area contributed by atoms with Gasteiger partial charge < -0.3 is 10.6 Å². The molecule has 0 aliphatic heterocycles. The monoisotopic (exact) mass is 452 g/mol. The van der Waals surface area contributed by atoms with Gasteiger partial charge in [-0.15, -0.1) is 0 Å². The first-order valence-electron chi connectivity index (χ1n) is 9.29. The maximum atomic E-state index is 6.07. The molecule has 4 nitrogen and oxygen atoms in total. The fraction of sp³-hybridized carbons (Fsp3) is 0.0435. The summed E-state index contributed by atoms with van der Waals surface area (Å²) in [6.07, 6.45) is 2.02. The first kappa shape index (κ1) is 20.4. The lowest BCUT2D eigenvalue weighted by molar-refractivity contribution is 0.879. The topological polar surface area (TPSA) is 41.9 Å². The summed E-state index contributed by atoms with van der Waals surface area (Å²) in [4.78, 5) is 0. The summed E-state index contributed by atoms with van der Waals surface area (Å²) in [7, 11) is 0. The Bertz CT molecular complexity index is 1160. The minimum atomic E-state index is 0.472. The third-order valence-electron chi connectivity index (χ3n) is 4.47. The Kier molecular flexibility index (Phi) is 6.33. The van der Waals surface area contributed by atoms with Gasteiger partial charge in [0.15, 0.2) is 5.11 Å². The maximum Gasteiger partial charge on any atom is 0.171 e. The fourth-order valence-corrected chi connectivity index (χ4v) is 3.50. The van der Waals surface area contributed by atoms with Crippen molar-refractivity contribution in [3.8, 4) is 16.9 Å². The molecule has 0 spiro atoms. The summed E-state index contributed by atoms with van der Waals surface area (Å²) >= 11 is 17.5. The van der Waals surface area contributed by atoms with Gasteiger partial charge in [-0.1, -0.05) is 71.7 Å². The number of rotatable bonds is 5. The smallest absolute Gasteiger partial charge is 0.171 e. The summed E-state index contributed by atoms with van der Waals surface area (Å²) in [6, 6.07) is 25.4. The summed E-state index contributed by atoms with van der Waals surface area (Å²) in [5.41, 5.74) is 4.75. The van der Waals surface area contributed by atoms with Gasteiger partial charge in [0.25, 0.3) is 0 Å². The average molecular weight is 453 g/mol. The molecular formula is C23H18Cl2N4S. The number of hydrogen-bond donors (Lipinski definition) is 2. The van der Waals surface area contributed by atoms with E-state index in [0.717, 1.165) is 28.2 Å². The summed E-state index contributed by atoms with van der Waals surface area (Å²) in [5, 5.41) is 12.7. The van der Waals surface area contributed by atoms with Crippen molar-refractivity contribution in [2.45, 2.75) is 6.54 Å². The second-order valence-electron chi connectivity index (χ2n) is 6.59. The quantitative estimate of drug-likeness (QED) is 0.347. The van der Waals surface area contributed by atoms with E-state index in [0.29, 0.717) is 21.7 Å². The van der Waals surface area contributed by atoms with Crippen LogP contribution in [0.4, 0.5) is 5.69 Å². The Morgan fingerprint density at radius 2 is 1.60 bits per heavy atom. The number of nitrogens with one attached hydrogen (secondary N) is 2. The van der Waals surface area contributed by atoms with Crippen LogP contribution in [0.1, 0.15) is 5.56 Å². The predicted molar refractivity (Wildman–Crippen MR) is 129 cm³/mol. The van der Waals surface area contributed by atoms with E-state index < -0.39 is 0 Å². The minimum absolute atomic E-state index is 0.472. The first-order valence-corrected chi connectivity index (χ1v) is 10.5. The molecule has 0 saturated heterocycles. The second kappa shape index (κ2) is 9.30. The van der Waals surface area contributed by atoms with E-state index in [2.05, 4.69) is 10.6 Å². The molecule has 0 bridgehead atoms. The normalized spacial score (nSPS) is 10.6. The predicted octanol–water partition coefficient (Wildman–Crippen LogP) is 6.33. The van der Waals surface area contributed by atoms with Crippen LogP contribution in [0, 0.1) is 0 Å². The average Bonchev–Trinajstić information content (AvgIpc) is 3.20. The van der Waals surface area contributed by atoms with Crippen molar-refractivity contribution in [3.63, 3.8) is 0 Å². The number of benzene rings is 3. The lowest BCUT2D eigenvalue weighted by atomic mass is 10.1. The van der Waals surface area contributed by atoms with Gasteiger partial charge in [0, 0.05) is 29.6 Å². The molecule has 4 aromatic rings. The van der Waals surface area contributed by atoms with Crippen molar-refractivity contribution in [2.75, 3.05) is 5.32 Å². The second-order valence-corrected chi connectivity index (χ2v) is 7.81. The highest BCUT2D eigenvalue weighted by Crippen LogP contribution is 2.25. The molecule has 7 heteroatoms. The van der Waals surface area contributed by atoms with Crippen LogP contribution >= 0.6 is 35.4 Å². The van der Waals surface area contributed by atoms with Crippen LogP contribution in [0.15, 0.2) is 85.1 Å². The van der Waals surface area contributed by atoms with E-state index in [-0.39, 0.29) is 0 Å². The molecule has 1 heterocycles. The van der Waals surface area contributed by atoms with Gasteiger partial charge in [0.05, 0.1) is 21.4 Å². The number of aromatic nitrogens is 2. The molecular weight excluding hydrogens is 435 g/mol. The molecule has 0 aliphatic carbocycles. The Hall–Kier alpha value is -2.86. The van der Waals surface area contributed by atoms with E-state index in [4.69, 9.17) is 40.5 Å². The summed E-state index contributed by atoms with van der Waals surface area (Å²) in [6.45, 7) is 0.518. The molecule has 0 fully saturated rings. The van der Waals surface area contributed by atoms with Crippen molar-refractivity contribution in [1.82, 2.24) is 15.1 Å². The van der Waals surface area contributed by atoms with Crippen LogP contribution in [-0.4, -0.2) is 14.9 Å². The van der Waals surface area contributed by atoms with Gasteiger partial charge >= 0.3 is 0 Å². The Balaban J connectivity index is 1.54. The zero-order valence-electron chi connectivity index (χ0n) is 15.8. The molecule has 3 aromatic carbocycles. The number of para-hydroxylation sites is 1. The van der Waals surface area contributed by atoms with Gasteiger partial charge in [0.1, 0.15) is 0 Å². The largest absolute Gasteiger partial charge is 0.358 e. The standard InChI is InChI=1S/C23H18Cl2N4S/c24-20-12-11-18(13-21(20)25)27-23(30)26-14-17-15-29(19-9-5-2-6-10-19)28-22(17)16-7-3-1-4-8-16/h1-13,15H,14H2,(H2,26,27,30). The van der Waals surface area contributed by atoms with Crippen molar-refractivity contribution in [3.05, 3.63) is 101 Å². The number of nitrogens with zero attached hydrogens (tertiary/aromatic N) is 2. The molecule has 0 unspecified atom stereocenters. The van der Waals surface area contributed by atoms with Crippen LogP contribution in [0.25, 0.3) is 16.9 Å². The lowest BCUT2D eigenvalue weighted by Gasteiger charge is -2.11. The Labute approximate surface area is 190 Å². The van der Waals surface area contributed by atoms with Crippen LogP contribution in [0.3, 0.4) is 0 Å². The molecule has 0 saturated carbocycles. The first-order chi connectivity index (χ1) is 14.6. The molecule has 2 N–H and O–H groups in total. The highest BCUT2D eigenvalue weighted by Gasteiger charge is 2.13. The lowest BCUT2D eigenvalue weighted by Crippen LogP contribution is -2.27. The van der Waals surface area contributed by atoms with E-state index >= 15 is 0 Å². The van der Waals surface area contributed by atoms with Crippen molar-refractivity contribution >= 4 is 46.2 Å². The third-order valence-corrected chi connectivity index (χ3v) is 5.46. The minimum Gasteiger partial charge on any atom is -0.358 e. The summed E-state index contributed by atoms with van der Waals surface area (Å²) < 4.78 is 1.88. The Morgan fingerprint density at radius 1 is 0.900 bits per heavy atom. The molecule has 0 atom stereocenters. The highest BCUT2D eigenvalue weighted by molar-refractivity contribution is 7.80. The molecule has 0 aliphatic rings. The van der Waals surface area contributed by atoms with Crippen LogP contribution < -0.4 is 10.6 Å². The molecule has 4 rings (SSSR count).